The second-order valence-corrected chi connectivity index (χ2v) is 6.37. The number of pyridine rings is 1. The van der Waals surface area contributed by atoms with Gasteiger partial charge in [-0.05, 0) is 47.7 Å². The van der Waals surface area contributed by atoms with E-state index >= 15 is 0 Å². The molecule has 0 aliphatic rings. The van der Waals surface area contributed by atoms with Crippen LogP contribution < -0.4 is 5.32 Å². The van der Waals surface area contributed by atoms with Crippen molar-refractivity contribution in [1.29, 1.82) is 0 Å². The van der Waals surface area contributed by atoms with E-state index in [1.54, 1.807) is 16.8 Å². The Labute approximate surface area is 157 Å². The molecule has 0 fully saturated rings. The van der Waals surface area contributed by atoms with Crippen molar-refractivity contribution in [3.63, 3.8) is 0 Å². The monoisotopic (exact) mass is 358 g/mol. The fourth-order valence-electron chi connectivity index (χ4n) is 3.04. The first-order valence-corrected chi connectivity index (χ1v) is 8.70. The lowest BCUT2D eigenvalue weighted by Crippen LogP contribution is -2.00. The van der Waals surface area contributed by atoms with Gasteiger partial charge in [0.15, 0.2) is 0 Å². The predicted molar refractivity (Wildman–Crippen MR) is 108 cm³/mol. The molecule has 134 valence electrons. The van der Waals surface area contributed by atoms with Gasteiger partial charge in [-0.2, -0.15) is 5.10 Å². The first-order chi connectivity index (χ1) is 13.1. The van der Waals surface area contributed by atoms with Crippen molar-refractivity contribution in [1.82, 2.24) is 14.8 Å². The van der Waals surface area contributed by atoms with Crippen molar-refractivity contribution in [3.05, 3.63) is 84.6 Å². The summed E-state index contributed by atoms with van der Waals surface area (Å²) in [5.41, 5.74) is 3.97. The number of nitrogens with one attached hydrogen (secondary N) is 1. The molecule has 4 aromatic rings. The lowest BCUT2D eigenvalue weighted by molar-refractivity contribution is 0.627. The fourth-order valence-corrected chi connectivity index (χ4v) is 3.04. The topological polar surface area (TPSA) is 42.7 Å². The molecule has 0 radical (unpaired) electrons. The first kappa shape index (κ1) is 17.0. The van der Waals surface area contributed by atoms with Gasteiger partial charge in [0.05, 0.1) is 6.20 Å². The van der Waals surface area contributed by atoms with Crippen LogP contribution in [0.15, 0.2) is 73.2 Å². The fraction of sp³-hybridized carbons (Fsp3) is 0.0909. The van der Waals surface area contributed by atoms with Crippen LogP contribution in [0.4, 0.5) is 10.2 Å². The van der Waals surface area contributed by atoms with Crippen LogP contribution in [0.2, 0.25) is 0 Å². The van der Waals surface area contributed by atoms with E-state index < -0.39 is 0 Å². The van der Waals surface area contributed by atoms with E-state index in [4.69, 9.17) is 0 Å². The van der Waals surface area contributed by atoms with Gasteiger partial charge in [0.2, 0.25) is 0 Å². The summed E-state index contributed by atoms with van der Waals surface area (Å²) in [5, 5.41) is 9.72. The highest BCUT2D eigenvalue weighted by Gasteiger charge is 2.06. The Morgan fingerprint density at radius 3 is 2.52 bits per heavy atom. The van der Waals surface area contributed by atoms with Crippen LogP contribution in [0, 0.1) is 5.82 Å². The number of rotatable bonds is 4. The number of anilines is 1. The summed E-state index contributed by atoms with van der Waals surface area (Å²) in [4.78, 5) is 4.50. The molecule has 4 rings (SSSR count). The molecule has 5 heteroatoms. The SMILES string of the molecule is C/C=C(\Nc1cc2cc(-c3cnn(C)c3)ccc2cn1)c1ccc(F)cc1. The summed E-state index contributed by atoms with van der Waals surface area (Å²) >= 11 is 0. The minimum atomic E-state index is -0.249. The number of allylic oxidation sites excluding steroid dienone is 1. The zero-order valence-electron chi connectivity index (χ0n) is 15.1. The molecular formula is C22H19FN4. The number of benzene rings is 2. The minimum Gasteiger partial charge on any atom is -0.340 e. The number of halogens is 1. The highest BCUT2D eigenvalue weighted by Crippen LogP contribution is 2.26. The summed E-state index contributed by atoms with van der Waals surface area (Å²) in [6.07, 6.45) is 7.65. The van der Waals surface area contributed by atoms with E-state index in [2.05, 4.69) is 33.6 Å². The van der Waals surface area contributed by atoms with E-state index in [-0.39, 0.29) is 5.82 Å². The third-order valence-electron chi connectivity index (χ3n) is 4.47. The molecule has 0 bridgehead atoms. The number of hydrogen-bond donors (Lipinski definition) is 1. The number of nitrogens with zero attached hydrogens (tertiary/aromatic N) is 3. The highest BCUT2D eigenvalue weighted by molar-refractivity contribution is 5.89. The van der Waals surface area contributed by atoms with Gasteiger partial charge in [0.1, 0.15) is 11.6 Å². The molecule has 0 spiro atoms. The zero-order valence-corrected chi connectivity index (χ0v) is 15.1. The van der Waals surface area contributed by atoms with Crippen LogP contribution >= 0.6 is 0 Å². The standard InChI is InChI=1S/C22H19FN4/c1-3-21(15-6-8-20(23)9-7-15)26-22-11-18-10-16(4-5-17(18)12-24-22)19-13-25-27(2)14-19/h3-14H,1-2H3,(H,24,26)/b21-3-. The molecule has 0 amide bonds. The molecule has 4 nitrogen and oxygen atoms in total. The Balaban J connectivity index is 1.66. The Bertz CT molecular complexity index is 1130. The molecule has 0 saturated carbocycles. The molecule has 0 aliphatic carbocycles. The molecular weight excluding hydrogens is 339 g/mol. The molecule has 0 atom stereocenters. The maximum Gasteiger partial charge on any atom is 0.130 e. The van der Waals surface area contributed by atoms with E-state index in [9.17, 15) is 4.39 Å². The number of aromatic nitrogens is 3. The molecule has 2 aromatic carbocycles. The number of fused-ring (bicyclic) bond motifs is 1. The van der Waals surface area contributed by atoms with Crippen molar-refractivity contribution < 1.29 is 4.39 Å². The first-order valence-electron chi connectivity index (χ1n) is 8.70. The van der Waals surface area contributed by atoms with Crippen molar-refractivity contribution in [2.45, 2.75) is 6.92 Å². The van der Waals surface area contributed by atoms with E-state index in [1.165, 1.54) is 12.1 Å². The van der Waals surface area contributed by atoms with Gasteiger partial charge in [-0.3, -0.25) is 4.68 Å². The average molecular weight is 358 g/mol. The van der Waals surface area contributed by atoms with Crippen LogP contribution in [0.1, 0.15) is 12.5 Å². The van der Waals surface area contributed by atoms with Crippen LogP contribution in [0.5, 0.6) is 0 Å². The number of hydrogen-bond acceptors (Lipinski definition) is 3. The van der Waals surface area contributed by atoms with Gasteiger partial charge in [0, 0.05) is 36.1 Å². The van der Waals surface area contributed by atoms with Gasteiger partial charge < -0.3 is 5.32 Å². The third-order valence-corrected chi connectivity index (χ3v) is 4.47. The Hall–Kier alpha value is -3.47. The maximum atomic E-state index is 13.2. The maximum absolute atomic E-state index is 13.2. The third kappa shape index (κ3) is 3.58. The van der Waals surface area contributed by atoms with Gasteiger partial charge in [-0.15, -0.1) is 0 Å². The smallest absolute Gasteiger partial charge is 0.130 e. The largest absolute Gasteiger partial charge is 0.340 e. The van der Waals surface area contributed by atoms with Gasteiger partial charge in [-0.25, -0.2) is 9.37 Å². The highest BCUT2D eigenvalue weighted by atomic mass is 19.1. The van der Waals surface area contributed by atoms with Crippen molar-refractivity contribution in [2.75, 3.05) is 5.32 Å². The molecule has 27 heavy (non-hydrogen) atoms. The second kappa shape index (κ2) is 7.03. The van der Waals surface area contributed by atoms with Crippen LogP contribution in [-0.4, -0.2) is 14.8 Å². The Kier molecular flexibility index (Phi) is 4.42. The van der Waals surface area contributed by atoms with Crippen molar-refractivity contribution >= 4 is 22.3 Å². The summed E-state index contributed by atoms with van der Waals surface area (Å²) in [5.74, 6) is 0.490. The van der Waals surface area contributed by atoms with Crippen molar-refractivity contribution in [3.8, 4) is 11.1 Å². The zero-order chi connectivity index (χ0) is 18.8. The second-order valence-electron chi connectivity index (χ2n) is 6.37. The molecule has 2 heterocycles. The number of aryl methyl sites for hydroxylation is 1. The van der Waals surface area contributed by atoms with Crippen LogP contribution in [-0.2, 0) is 7.05 Å². The van der Waals surface area contributed by atoms with E-state index in [0.717, 1.165) is 39.0 Å². The summed E-state index contributed by atoms with van der Waals surface area (Å²) < 4.78 is 15.0. The quantitative estimate of drug-likeness (QED) is 0.542. The van der Waals surface area contributed by atoms with E-state index in [1.807, 2.05) is 44.7 Å². The Morgan fingerprint density at radius 1 is 1.00 bits per heavy atom. The molecule has 2 aromatic heterocycles. The minimum absolute atomic E-state index is 0.249. The lowest BCUT2D eigenvalue weighted by atomic mass is 10.0. The molecule has 0 aliphatic heterocycles. The van der Waals surface area contributed by atoms with Gasteiger partial charge in [0.25, 0.3) is 0 Å². The normalized spacial score (nSPS) is 11.7. The van der Waals surface area contributed by atoms with Crippen LogP contribution in [0.25, 0.3) is 27.6 Å². The van der Waals surface area contributed by atoms with Gasteiger partial charge in [-0.1, -0.05) is 30.3 Å². The summed E-state index contributed by atoms with van der Waals surface area (Å²) in [6, 6.07) is 14.7. The Morgan fingerprint density at radius 2 is 1.81 bits per heavy atom. The molecule has 0 unspecified atom stereocenters. The summed E-state index contributed by atoms with van der Waals surface area (Å²) in [6.45, 7) is 1.94. The van der Waals surface area contributed by atoms with Crippen LogP contribution in [0.3, 0.4) is 0 Å². The summed E-state index contributed by atoms with van der Waals surface area (Å²) in [7, 11) is 1.91. The molecule has 0 saturated heterocycles. The van der Waals surface area contributed by atoms with E-state index in [0.29, 0.717) is 0 Å². The average Bonchev–Trinajstić information content (AvgIpc) is 3.12. The van der Waals surface area contributed by atoms with Crippen molar-refractivity contribution in [2.24, 2.45) is 7.05 Å². The molecule has 1 N–H and O–H groups in total. The predicted octanol–water partition coefficient (Wildman–Crippen LogP) is 5.25. The lowest BCUT2D eigenvalue weighted by Gasteiger charge is -2.11. The van der Waals surface area contributed by atoms with Gasteiger partial charge >= 0.3 is 0 Å².